The molecule has 0 fully saturated rings. The number of carbonyl (C=O) groups excluding carboxylic acids is 1. The van der Waals surface area contributed by atoms with E-state index < -0.39 is 5.91 Å². The van der Waals surface area contributed by atoms with Crippen molar-refractivity contribution in [3.63, 3.8) is 0 Å². The largest absolute Gasteiger partial charge is 0.321 e. The molecule has 1 N–H and O–H groups in total. The standard InChI is InChI=1S/C14H7BrCl2N2OS/c15-13-4-2-10(21-13)5-8(7-18)14(20)19-9-1-3-11(16)12(17)6-9/h1-6H,(H,19,20)/b8-5+. The van der Waals surface area contributed by atoms with Crippen LogP contribution in [0.15, 0.2) is 39.7 Å². The highest BCUT2D eigenvalue weighted by molar-refractivity contribution is 9.11. The minimum Gasteiger partial charge on any atom is -0.321 e. The number of rotatable bonds is 3. The normalized spacial score (nSPS) is 11.0. The van der Waals surface area contributed by atoms with Crippen molar-refractivity contribution in [3.8, 4) is 6.07 Å². The van der Waals surface area contributed by atoms with Crippen molar-refractivity contribution in [3.05, 3.63) is 54.6 Å². The topological polar surface area (TPSA) is 52.9 Å². The van der Waals surface area contributed by atoms with Gasteiger partial charge in [0.1, 0.15) is 11.6 Å². The number of benzene rings is 1. The van der Waals surface area contributed by atoms with E-state index in [1.807, 2.05) is 18.2 Å². The lowest BCUT2D eigenvalue weighted by Crippen LogP contribution is -2.13. The number of hydrogen-bond donors (Lipinski definition) is 1. The molecule has 2 aromatic rings. The van der Waals surface area contributed by atoms with Crippen molar-refractivity contribution < 1.29 is 4.79 Å². The molecule has 0 aliphatic rings. The average Bonchev–Trinajstić information content (AvgIpc) is 2.85. The number of halogens is 3. The fraction of sp³-hybridized carbons (Fsp3) is 0. The van der Waals surface area contributed by atoms with Crippen LogP contribution in [0.3, 0.4) is 0 Å². The molecule has 0 unspecified atom stereocenters. The second kappa shape index (κ2) is 7.10. The Morgan fingerprint density at radius 1 is 1.29 bits per heavy atom. The molecule has 1 aromatic heterocycles. The van der Waals surface area contributed by atoms with E-state index in [4.69, 9.17) is 28.5 Å². The Bertz CT molecular complexity index is 765. The number of amides is 1. The fourth-order valence-corrected chi connectivity index (χ4v) is 3.13. The van der Waals surface area contributed by atoms with Gasteiger partial charge < -0.3 is 5.32 Å². The molecule has 0 aliphatic carbocycles. The van der Waals surface area contributed by atoms with E-state index in [0.717, 1.165) is 8.66 Å². The minimum absolute atomic E-state index is 0.00965. The lowest BCUT2D eigenvalue weighted by Gasteiger charge is -2.05. The van der Waals surface area contributed by atoms with Gasteiger partial charge >= 0.3 is 0 Å². The molecule has 21 heavy (non-hydrogen) atoms. The van der Waals surface area contributed by atoms with E-state index in [-0.39, 0.29) is 5.57 Å². The van der Waals surface area contributed by atoms with Crippen LogP contribution in [0, 0.1) is 11.3 Å². The summed E-state index contributed by atoms with van der Waals surface area (Å²) < 4.78 is 0.927. The summed E-state index contributed by atoms with van der Waals surface area (Å²) in [5, 5.41) is 12.4. The van der Waals surface area contributed by atoms with E-state index in [9.17, 15) is 4.79 Å². The Kier molecular flexibility index (Phi) is 5.43. The highest BCUT2D eigenvalue weighted by Gasteiger charge is 2.11. The van der Waals surface area contributed by atoms with Crippen LogP contribution in [0.4, 0.5) is 5.69 Å². The monoisotopic (exact) mass is 400 g/mol. The summed E-state index contributed by atoms with van der Waals surface area (Å²) in [5.41, 5.74) is 0.485. The third-order valence-corrected chi connectivity index (χ3v) is 4.73. The number of nitriles is 1. The number of carbonyl (C=O) groups is 1. The third-order valence-electron chi connectivity index (χ3n) is 2.42. The van der Waals surface area contributed by atoms with Gasteiger partial charge in [-0.2, -0.15) is 5.26 Å². The molecule has 2 rings (SSSR count). The molecule has 0 spiro atoms. The van der Waals surface area contributed by atoms with Gasteiger partial charge in [-0.3, -0.25) is 4.79 Å². The third kappa shape index (κ3) is 4.32. The van der Waals surface area contributed by atoms with Gasteiger partial charge in [-0.15, -0.1) is 11.3 Å². The van der Waals surface area contributed by atoms with Crippen LogP contribution in [0.5, 0.6) is 0 Å². The zero-order valence-electron chi connectivity index (χ0n) is 10.4. The first kappa shape index (κ1) is 16.1. The van der Waals surface area contributed by atoms with Crippen molar-refractivity contribution >= 4 is 68.1 Å². The molecule has 1 heterocycles. The Morgan fingerprint density at radius 3 is 2.62 bits per heavy atom. The first-order valence-corrected chi connectivity index (χ1v) is 7.99. The zero-order chi connectivity index (χ0) is 15.4. The lowest BCUT2D eigenvalue weighted by molar-refractivity contribution is -0.112. The van der Waals surface area contributed by atoms with Crippen LogP contribution in [0.2, 0.25) is 10.0 Å². The molecule has 3 nitrogen and oxygen atoms in total. The molecule has 0 saturated carbocycles. The van der Waals surface area contributed by atoms with Gasteiger partial charge in [-0.25, -0.2) is 0 Å². The number of nitrogens with one attached hydrogen (secondary N) is 1. The van der Waals surface area contributed by atoms with Gasteiger partial charge in [0.2, 0.25) is 0 Å². The molecule has 106 valence electrons. The van der Waals surface area contributed by atoms with E-state index in [0.29, 0.717) is 15.7 Å². The predicted octanol–water partition coefficient (Wildman–Crippen LogP) is 5.36. The zero-order valence-corrected chi connectivity index (χ0v) is 14.3. The summed E-state index contributed by atoms with van der Waals surface area (Å²) >= 11 is 16.4. The van der Waals surface area contributed by atoms with Crippen molar-refractivity contribution in [2.75, 3.05) is 5.32 Å². The van der Waals surface area contributed by atoms with E-state index in [1.54, 1.807) is 12.1 Å². The minimum atomic E-state index is -0.500. The summed E-state index contributed by atoms with van der Waals surface area (Å²) in [5.74, 6) is -0.500. The molecule has 1 amide bonds. The predicted molar refractivity (Wildman–Crippen MR) is 90.7 cm³/mol. The highest BCUT2D eigenvalue weighted by Crippen LogP contribution is 2.26. The van der Waals surface area contributed by atoms with Crippen molar-refractivity contribution in [1.29, 1.82) is 5.26 Å². The van der Waals surface area contributed by atoms with Gasteiger partial charge in [0.25, 0.3) is 5.91 Å². The Labute approximate surface area is 143 Å². The Morgan fingerprint density at radius 2 is 2.05 bits per heavy atom. The molecule has 0 saturated heterocycles. The number of nitrogens with zero attached hydrogens (tertiary/aromatic N) is 1. The van der Waals surface area contributed by atoms with Crippen LogP contribution >= 0.6 is 50.5 Å². The van der Waals surface area contributed by atoms with Crippen molar-refractivity contribution in [2.24, 2.45) is 0 Å². The Hall–Kier alpha value is -1.32. The van der Waals surface area contributed by atoms with E-state index in [2.05, 4.69) is 21.2 Å². The smallest absolute Gasteiger partial charge is 0.266 e. The van der Waals surface area contributed by atoms with E-state index >= 15 is 0 Å². The van der Waals surface area contributed by atoms with Crippen LogP contribution in [0.25, 0.3) is 6.08 Å². The van der Waals surface area contributed by atoms with Crippen LogP contribution in [-0.2, 0) is 4.79 Å². The van der Waals surface area contributed by atoms with Crippen molar-refractivity contribution in [2.45, 2.75) is 0 Å². The summed E-state index contributed by atoms with van der Waals surface area (Å²) in [6.07, 6.45) is 1.53. The molecular formula is C14H7BrCl2N2OS. The molecule has 0 atom stereocenters. The van der Waals surface area contributed by atoms with Gasteiger partial charge in [0, 0.05) is 10.6 Å². The summed E-state index contributed by atoms with van der Waals surface area (Å²) in [4.78, 5) is 12.9. The second-order valence-corrected chi connectivity index (χ2v) is 7.20. The van der Waals surface area contributed by atoms with Gasteiger partial charge in [0.05, 0.1) is 13.8 Å². The molecule has 7 heteroatoms. The molecule has 1 aromatic carbocycles. The number of hydrogen-bond acceptors (Lipinski definition) is 3. The van der Waals surface area contributed by atoms with Crippen LogP contribution in [0.1, 0.15) is 4.88 Å². The Balaban J connectivity index is 2.19. The quantitative estimate of drug-likeness (QED) is 0.555. The van der Waals surface area contributed by atoms with Crippen LogP contribution in [-0.4, -0.2) is 5.91 Å². The second-order valence-electron chi connectivity index (χ2n) is 3.89. The summed E-state index contributed by atoms with van der Waals surface area (Å²) in [7, 11) is 0. The van der Waals surface area contributed by atoms with E-state index in [1.165, 1.54) is 23.5 Å². The number of anilines is 1. The summed E-state index contributed by atoms with van der Waals surface area (Å²) in [6.45, 7) is 0. The number of thiophene rings is 1. The first-order chi connectivity index (χ1) is 9.99. The molecule has 0 aliphatic heterocycles. The summed E-state index contributed by atoms with van der Waals surface area (Å²) in [6, 6.07) is 10.3. The van der Waals surface area contributed by atoms with Crippen molar-refractivity contribution in [1.82, 2.24) is 0 Å². The SMILES string of the molecule is N#C/C(=C\c1ccc(Br)s1)C(=O)Nc1ccc(Cl)c(Cl)c1. The lowest BCUT2D eigenvalue weighted by atomic mass is 10.2. The average molecular weight is 402 g/mol. The molecule has 0 radical (unpaired) electrons. The van der Waals surface area contributed by atoms with Gasteiger partial charge in [0.15, 0.2) is 0 Å². The maximum absolute atomic E-state index is 12.1. The fourth-order valence-electron chi connectivity index (χ4n) is 1.47. The molecule has 0 bridgehead atoms. The highest BCUT2D eigenvalue weighted by atomic mass is 79.9. The maximum Gasteiger partial charge on any atom is 0.266 e. The van der Waals surface area contributed by atoms with Gasteiger partial charge in [-0.1, -0.05) is 23.2 Å². The van der Waals surface area contributed by atoms with Gasteiger partial charge in [-0.05, 0) is 52.3 Å². The maximum atomic E-state index is 12.1. The first-order valence-electron chi connectivity index (χ1n) is 5.63. The molecular weight excluding hydrogens is 395 g/mol. The van der Waals surface area contributed by atoms with Crippen LogP contribution < -0.4 is 5.32 Å².